The first-order chi connectivity index (χ1) is 9.36. The lowest BCUT2D eigenvalue weighted by Gasteiger charge is -2.39. The van der Waals surface area contributed by atoms with Crippen LogP contribution in [-0.2, 0) is 0 Å². The van der Waals surface area contributed by atoms with Gasteiger partial charge in [0, 0.05) is 12.2 Å². The number of nitrogens with zero attached hydrogens (tertiary/aromatic N) is 1. The minimum atomic E-state index is -0.0143. The highest BCUT2D eigenvalue weighted by atomic mass is 79.9. The minimum absolute atomic E-state index is 0.0143. The number of amides is 1. The van der Waals surface area contributed by atoms with Gasteiger partial charge in [0.2, 0.25) is 0 Å². The summed E-state index contributed by atoms with van der Waals surface area (Å²) in [6.07, 6.45) is 5.30. The van der Waals surface area contributed by atoms with Gasteiger partial charge in [-0.1, -0.05) is 20.8 Å². The van der Waals surface area contributed by atoms with Gasteiger partial charge in [0.25, 0.3) is 5.91 Å². The van der Waals surface area contributed by atoms with Crippen LogP contribution in [0.3, 0.4) is 0 Å². The molecule has 2 bridgehead atoms. The molecule has 0 spiro atoms. The first-order valence-electron chi connectivity index (χ1n) is 7.27. The maximum atomic E-state index is 12.5. The molecule has 1 aromatic rings. The fourth-order valence-electron chi connectivity index (χ4n) is 4.21. The molecule has 0 aromatic carbocycles. The summed E-state index contributed by atoms with van der Waals surface area (Å²) in [5, 5.41) is 3.25. The molecular weight excluding hydrogens is 316 g/mol. The van der Waals surface area contributed by atoms with Crippen molar-refractivity contribution in [2.24, 2.45) is 16.7 Å². The summed E-state index contributed by atoms with van der Waals surface area (Å²) in [4.78, 5) is 16.6. The Labute approximate surface area is 128 Å². The van der Waals surface area contributed by atoms with Crippen LogP contribution in [0.4, 0.5) is 0 Å². The van der Waals surface area contributed by atoms with Crippen molar-refractivity contribution in [2.75, 3.05) is 0 Å². The van der Waals surface area contributed by atoms with Crippen molar-refractivity contribution in [3.05, 3.63) is 28.5 Å². The molecular formula is C16H21BrN2O. The molecule has 1 aromatic heterocycles. The third-order valence-corrected chi connectivity index (χ3v) is 6.73. The standard InChI is InChI=1S/C16H21BrN2O/c1-15(2)10-6-7-16(15,3)12(9-10)19-14(20)11-5-4-8-18-13(11)17/h4-5,8,10,12H,6-7,9H2,1-3H3,(H,19,20). The molecule has 2 aliphatic carbocycles. The molecule has 3 atom stereocenters. The van der Waals surface area contributed by atoms with Crippen molar-refractivity contribution in [3.63, 3.8) is 0 Å². The highest BCUT2D eigenvalue weighted by Gasteiger charge is 2.61. The van der Waals surface area contributed by atoms with E-state index in [-0.39, 0.29) is 17.4 Å². The van der Waals surface area contributed by atoms with E-state index >= 15 is 0 Å². The van der Waals surface area contributed by atoms with Gasteiger partial charge in [0.05, 0.1) is 5.56 Å². The Morgan fingerprint density at radius 1 is 1.45 bits per heavy atom. The van der Waals surface area contributed by atoms with Crippen LogP contribution in [0, 0.1) is 16.7 Å². The molecule has 1 N–H and O–H groups in total. The van der Waals surface area contributed by atoms with Gasteiger partial charge in [-0.05, 0) is 64.1 Å². The molecule has 4 heteroatoms. The van der Waals surface area contributed by atoms with Gasteiger partial charge < -0.3 is 5.32 Å². The largest absolute Gasteiger partial charge is 0.349 e. The van der Waals surface area contributed by atoms with Gasteiger partial charge in [-0.25, -0.2) is 4.98 Å². The van der Waals surface area contributed by atoms with Gasteiger partial charge in [-0.15, -0.1) is 0 Å². The average molecular weight is 337 g/mol. The smallest absolute Gasteiger partial charge is 0.254 e. The molecule has 3 nitrogen and oxygen atoms in total. The molecule has 3 rings (SSSR count). The number of pyridine rings is 1. The number of fused-ring (bicyclic) bond motifs is 2. The third-order valence-electron chi connectivity index (χ3n) is 6.10. The summed E-state index contributed by atoms with van der Waals surface area (Å²) in [6, 6.07) is 3.88. The van der Waals surface area contributed by atoms with Crippen LogP contribution in [0.1, 0.15) is 50.4 Å². The van der Waals surface area contributed by atoms with E-state index in [0.29, 0.717) is 15.6 Å². The molecule has 108 valence electrons. The van der Waals surface area contributed by atoms with Crippen molar-refractivity contribution >= 4 is 21.8 Å². The second-order valence-corrected chi connectivity index (χ2v) is 7.73. The van der Waals surface area contributed by atoms with Crippen molar-refractivity contribution in [1.82, 2.24) is 10.3 Å². The first-order valence-corrected chi connectivity index (χ1v) is 8.07. The fraction of sp³-hybridized carbons (Fsp3) is 0.625. The number of hydrogen-bond acceptors (Lipinski definition) is 2. The van der Waals surface area contributed by atoms with Gasteiger partial charge in [0.1, 0.15) is 4.60 Å². The van der Waals surface area contributed by atoms with Crippen LogP contribution in [0.15, 0.2) is 22.9 Å². The Bertz CT molecular complexity index is 557. The molecule has 1 heterocycles. The van der Waals surface area contributed by atoms with Gasteiger partial charge in [0.15, 0.2) is 0 Å². The van der Waals surface area contributed by atoms with Crippen LogP contribution in [-0.4, -0.2) is 16.9 Å². The second-order valence-electron chi connectivity index (χ2n) is 6.98. The molecule has 0 radical (unpaired) electrons. The van der Waals surface area contributed by atoms with E-state index < -0.39 is 0 Å². The highest BCUT2D eigenvalue weighted by Crippen LogP contribution is 2.65. The van der Waals surface area contributed by atoms with Crippen molar-refractivity contribution < 1.29 is 4.79 Å². The zero-order valence-electron chi connectivity index (χ0n) is 12.2. The zero-order chi connectivity index (χ0) is 14.5. The maximum absolute atomic E-state index is 12.5. The van der Waals surface area contributed by atoms with Crippen LogP contribution < -0.4 is 5.32 Å². The number of halogens is 1. The minimum Gasteiger partial charge on any atom is -0.349 e. The Hall–Kier alpha value is -0.900. The van der Waals surface area contributed by atoms with Crippen LogP contribution in [0.2, 0.25) is 0 Å². The number of carbonyl (C=O) groups is 1. The normalized spacial score (nSPS) is 34.2. The molecule has 1 amide bonds. The molecule has 0 aliphatic heterocycles. The Morgan fingerprint density at radius 3 is 2.75 bits per heavy atom. The molecule has 2 fully saturated rings. The Kier molecular flexibility index (Phi) is 3.20. The summed E-state index contributed by atoms with van der Waals surface area (Å²) in [5.41, 5.74) is 1.15. The summed E-state index contributed by atoms with van der Waals surface area (Å²) < 4.78 is 0.616. The molecule has 0 saturated heterocycles. The van der Waals surface area contributed by atoms with Crippen molar-refractivity contribution in [3.8, 4) is 0 Å². The number of aromatic nitrogens is 1. The van der Waals surface area contributed by atoms with Crippen LogP contribution in [0.5, 0.6) is 0 Å². The van der Waals surface area contributed by atoms with E-state index in [4.69, 9.17) is 0 Å². The molecule has 2 aliphatic rings. The summed E-state index contributed by atoms with van der Waals surface area (Å²) in [7, 11) is 0. The average Bonchev–Trinajstić information content (AvgIpc) is 2.72. The van der Waals surface area contributed by atoms with E-state index in [0.717, 1.165) is 12.3 Å². The van der Waals surface area contributed by atoms with E-state index in [1.807, 2.05) is 6.07 Å². The van der Waals surface area contributed by atoms with Crippen LogP contribution in [0.25, 0.3) is 0 Å². The SMILES string of the molecule is CC1(C)C2CCC1(C)C(NC(=O)c1cccnc1Br)C2. The van der Waals surface area contributed by atoms with Crippen molar-refractivity contribution in [2.45, 2.75) is 46.1 Å². The second kappa shape index (κ2) is 4.55. The van der Waals surface area contributed by atoms with Gasteiger partial charge in [-0.2, -0.15) is 0 Å². The molecule has 20 heavy (non-hydrogen) atoms. The van der Waals surface area contributed by atoms with Gasteiger partial charge in [-0.3, -0.25) is 4.79 Å². The predicted octanol–water partition coefficient (Wildman–Crippen LogP) is 3.79. The van der Waals surface area contributed by atoms with Crippen LogP contribution >= 0.6 is 15.9 Å². The fourth-order valence-corrected chi connectivity index (χ4v) is 4.64. The monoisotopic (exact) mass is 336 g/mol. The van der Waals surface area contributed by atoms with Gasteiger partial charge >= 0.3 is 0 Å². The van der Waals surface area contributed by atoms with E-state index in [1.165, 1.54) is 12.8 Å². The lowest BCUT2D eigenvalue weighted by Crippen LogP contribution is -2.47. The quantitative estimate of drug-likeness (QED) is 0.835. The molecule has 2 saturated carbocycles. The topological polar surface area (TPSA) is 42.0 Å². The Balaban J connectivity index is 1.81. The molecule has 3 unspecified atom stereocenters. The third kappa shape index (κ3) is 1.84. The zero-order valence-corrected chi connectivity index (χ0v) is 13.8. The highest BCUT2D eigenvalue weighted by molar-refractivity contribution is 9.10. The number of rotatable bonds is 2. The lowest BCUT2D eigenvalue weighted by molar-refractivity contribution is 0.0825. The summed E-state index contributed by atoms with van der Waals surface area (Å²) >= 11 is 3.35. The lowest BCUT2D eigenvalue weighted by atomic mass is 9.69. The summed E-state index contributed by atoms with van der Waals surface area (Å²) in [5.74, 6) is 0.717. The number of nitrogens with one attached hydrogen (secondary N) is 1. The maximum Gasteiger partial charge on any atom is 0.254 e. The predicted molar refractivity (Wildman–Crippen MR) is 82.4 cm³/mol. The first kappa shape index (κ1) is 14.1. The van der Waals surface area contributed by atoms with Crippen molar-refractivity contribution in [1.29, 1.82) is 0 Å². The van der Waals surface area contributed by atoms with E-state index in [9.17, 15) is 4.79 Å². The number of hydrogen-bond donors (Lipinski definition) is 1. The van der Waals surface area contributed by atoms with E-state index in [2.05, 4.69) is 47.0 Å². The number of carbonyl (C=O) groups excluding carboxylic acids is 1. The Morgan fingerprint density at radius 2 is 2.20 bits per heavy atom. The summed E-state index contributed by atoms with van der Waals surface area (Å²) in [6.45, 7) is 7.05. The van der Waals surface area contributed by atoms with E-state index in [1.54, 1.807) is 12.3 Å².